The van der Waals surface area contributed by atoms with Crippen molar-refractivity contribution in [3.8, 4) is 5.75 Å². The minimum absolute atomic E-state index is 0.0681. The van der Waals surface area contributed by atoms with E-state index in [-0.39, 0.29) is 11.3 Å². The van der Waals surface area contributed by atoms with Crippen molar-refractivity contribution in [2.24, 2.45) is 0 Å². The molecule has 1 amide bonds. The van der Waals surface area contributed by atoms with Crippen LogP contribution in [0.25, 0.3) is 0 Å². The molecule has 0 aliphatic carbocycles. The molecule has 2 N–H and O–H groups in total. The molecular formula is C19H19NO6. The summed E-state index contributed by atoms with van der Waals surface area (Å²) < 4.78 is 9.90. The Hall–Kier alpha value is -3.35. The minimum Gasteiger partial charge on any atom is -0.508 e. The van der Waals surface area contributed by atoms with Gasteiger partial charge in [0.05, 0.1) is 17.7 Å². The molecule has 0 unspecified atom stereocenters. The van der Waals surface area contributed by atoms with Crippen LogP contribution in [-0.4, -0.2) is 36.2 Å². The highest BCUT2D eigenvalue weighted by Crippen LogP contribution is 2.13. The smallest absolute Gasteiger partial charge is 0.338 e. The average Bonchev–Trinajstić information content (AvgIpc) is 2.64. The molecule has 0 atom stereocenters. The first-order valence-electron chi connectivity index (χ1n) is 8.02. The van der Waals surface area contributed by atoms with Gasteiger partial charge in [-0.1, -0.05) is 13.0 Å². The predicted molar refractivity (Wildman–Crippen MR) is 94.0 cm³/mol. The molecule has 136 valence electrons. The van der Waals surface area contributed by atoms with Crippen LogP contribution in [0.15, 0.2) is 48.5 Å². The normalized spacial score (nSPS) is 10.0. The van der Waals surface area contributed by atoms with Gasteiger partial charge in [0.1, 0.15) is 5.75 Å². The van der Waals surface area contributed by atoms with Crippen LogP contribution in [0.1, 0.15) is 34.1 Å². The van der Waals surface area contributed by atoms with Crippen molar-refractivity contribution < 1.29 is 29.0 Å². The number of phenolic OH excluding ortho intramolecular Hbond substituents is 1. The highest BCUT2D eigenvalue weighted by atomic mass is 16.5. The molecule has 0 saturated heterocycles. The summed E-state index contributed by atoms with van der Waals surface area (Å²) >= 11 is 0. The Balaban J connectivity index is 1.84. The van der Waals surface area contributed by atoms with Crippen molar-refractivity contribution in [1.82, 2.24) is 0 Å². The van der Waals surface area contributed by atoms with E-state index in [2.05, 4.69) is 5.32 Å². The van der Waals surface area contributed by atoms with E-state index in [0.717, 1.165) is 6.42 Å². The van der Waals surface area contributed by atoms with Crippen molar-refractivity contribution in [1.29, 1.82) is 0 Å². The van der Waals surface area contributed by atoms with Gasteiger partial charge in [0.2, 0.25) is 0 Å². The van der Waals surface area contributed by atoms with Gasteiger partial charge in [-0.2, -0.15) is 0 Å². The SMILES string of the molecule is CCCOC(=O)c1ccc(NC(=O)COC(=O)c2cccc(O)c2)cc1. The Labute approximate surface area is 150 Å². The fourth-order valence-electron chi connectivity index (χ4n) is 2.01. The number of aromatic hydroxyl groups is 1. The van der Waals surface area contributed by atoms with Gasteiger partial charge in [-0.15, -0.1) is 0 Å². The first kappa shape index (κ1) is 19.0. The van der Waals surface area contributed by atoms with Crippen LogP contribution < -0.4 is 5.32 Å². The zero-order chi connectivity index (χ0) is 18.9. The highest BCUT2D eigenvalue weighted by Gasteiger charge is 2.11. The number of carbonyl (C=O) groups is 3. The third kappa shape index (κ3) is 5.62. The van der Waals surface area contributed by atoms with E-state index in [1.54, 1.807) is 12.1 Å². The standard InChI is InChI=1S/C19H19NO6/c1-2-10-25-18(23)13-6-8-15(9-7-13)20-17(22)12-26-19(24)14-4-3-5-16(21)11-14/h3-9,11,21H,2,10,12H2,1H3,(H,20,22). The number of hydrogen-bond acceptors (Lipinski definition) is 6. The minimum atomic E-state index is -0.718. The number of anilines is 1. The van der Waals surface area contributed by atoms with Crippen molar-refractivity contribution in [3.63, 3.8) is 0 Å². The molecule has 0 bridgehead atoms. The van der Waals surface area contributed by atoms with Crippen molar-refractivity contribution in [2.45, 2.75) is 13.3 Å². The molecular weight excluding hydrogens is 338 g/mol. The largest absolute Gasteiger partial charge is 0.508 e. The summed E-state index contributed by atoms with van der Waals surface area (Å²) in [6, 6.07) is 11.8. The Bertz CT molecular complexity index is 785. The summed E-state index contributed by atoms with van der Waals surface area (Å²) in [5.74, 6) is -1.74. The van der Waals surface area contributed by atoms with Gasteiger partial charge in [-0.05, 0) is 48.9 Å². The maximum Gasteiger partial charge on any atom is 0.338 e. The lowest BCUT2D eigenvalue weighted by Gasteiger charge is -2.08. The van der Waals surface area contributed by atoms with E-state index in [4.69, 9.17) is 9.47 Å². The van der Waals surface area contributed by atoms with Crippen LogP contribution in [-0.2, 0) is 14.3 Å². The molecule has 0 saturated carbocycles. The zero-order valence-corrected chi connectivity index (χ0v) is 14.2. The third-order valence-corrected chi connectivity index (χ3v) is 3.26. The van der Waals surface area contributed by atoms with Gasteiger partial charge in [0, 0.05) is 5.69 Å². The Morgan fingerprint density at radius 1 is 0.962 bits per heavy atom. The van der Waals surface area contributed by atoms with Crippen LogP contribution in [0.4, 0.5) is 5.69 Å². The molecule has 0 fully saturated rings. The van der Waals surface area contributed by atoms with Crippen molar-refractivity contribution >= 4 is 23.5 Å². The summed E-state index contributed by atoms with van der Waals surface area (Å²) in [5, 5.41) is 11.9. The highest BCUT2D eigenvalue weighted by molar-refractivity contribution is 5.96. The van der Waals surface area contributed by atoms with Gasteiger partial charge in [0.25, 0.3) is 5.91 Å². The summed E-state index contributed by atoms with van der Waals surface area (Å²) in [6.07, 6.45) is 0.737. The summed E-state index contributed by atoms with van der Waals surface area (Å²) in [5.41, 5.74) is 0.981. The van der Waals surface area contributed by atoms with E-state index in [9.17, 15) is 19.5 Å². The molecule has 2 aromatic carbocycles. The van der Waals surface area contributed by atoms with Crippen LogP contribution in [0, 0.1) is 0 Å². The molecule has 26 heavy (non-hydrogen) atoms. The topological polar surface area (TPSA) is 102 Å². The molecule has 0 aliphatic heterocycles. The number of rotatable bonds is 7. The number of ether oxygens (including phenoxy) is 2. The lowest BCUT2D eigenvalue weighted by atomic mass is 10.2. The van der Waals surface area contributed by atoms with E-state index in [1.807, 2.05) is 6.92 Å². The lowest BCUT2D eigenvalue weighted by molar-refractivity contribution is -0.119. The third-order valence-electron chi connectivity index (χ3n) is 3.26. The maximum absolute atomic E-state index is 11.8. The molecule has 7 nitrogen and oxygen atoms in total. The van der Waals surface area contributed by atoms with Gasteiger partial charge in [0.15, 0.2) is 6.61 Å². The molecule has 0 aromatic heterocycles. The van der Waals surface area contributed by atoms with Crippen molar-refractivity contribution in [2.75, 3.05) is 18.5 Å². The molecule has 0 heterocycles. The fraction of sp³-hybridized carbons (Fsp3) is 0.211. The van der Waals surface area contributed by atoms with Crippen molar-refractivity contribution in [3.05, 3.63) is 59.7 Å². The number of benzene rings is 2. The molecule has 7 heteroatoms. The molecule has 0 radical (unpaired) electrons. The maximum atomic E-state index is 11.8. The van der Waals surface area contributed by atoms with E-state index in [1.165, 1.54) is 36.4 Å². The molecule has 0 spiro atoms. The zero-order valence-electron chi connectivity index (χ0n) is 14.2. The van der Waals surface area contributed by atoms with E-state index >= 15 is 0 Å². The second-order valence-electron chi connectivity index (χ2n) is 5.39. The number of phenols is 1. The number of hydrogen-bond donors (Lipinski definition) is 2. The predicted octanol–water partition coefficient (Wildman–Crippen LogP) is 2.75. The monoisotopic (exact) mass is 357 g/mol. The van der Waals surface area contributed by atoms with Crippen LogP contribution in [0.3, 0.4) is 0 Å². The van der Waals surface area contributed by atoms with E-state index < -0.39 is 24.5 Å². The number of amides is 1. The number of nitrogens with one attached hydrogen (secondary N) is 1. The summed E-state index contributed by atoms with van der Waals surface area (Å²) in [6.45, 7) is 1.77. The van der Waals surface area contributed by atoms with Crippen LogP contribution in [0.5, 0.6) is 5.75 Å². The second kappa shape index (κ2) is 9.22. The Morgan fingerprint density at radius 2 is 1.65 bits per heavy atom. The first-order valence-corrected chi connectivity index (χ1v) is 8.02. The summed E-state index contributed by atoms with van der Waals surface area (Å²) in [4.78, 5) is 35.3. The molecule has 2 aromatic rings. The second-order valence-corrected chi connectivity index (χ2v) is 5.39. The number of esters is 2. The molecule has 2 rings (SSSR count). The van der Waals surface area contributed by atoms with Crippen LogP contribution >= 0.6 is 0 Å². The summed E-state index contributed by atoms with van der Waals surface area (Å²) in [7, 11) is 0. The van der Waals surface area contributed by atoms with E-state index in [0.29, 0.717) is 17.9 Å². The lowest BCUT2D eigenvalue weighted by Crippen LogP contribution is -2.21. The van der Waals surface area contributed by atoms with Gasteiger partial charge in [-0.3, -0.25) is 4.79 Å². The van der Waals surface area contributed by atoms with Gasteiger partial charge in [-0.25, -0.2) is 9.59 Å². The first-order chi connectivity index (χ1) is 12.5. The number of carbonyl (C=O) groups excluding carboxylic acids is 3. The quantitative estimate of drug-likeness (QED) is 0.739. The van der Waals surface area contributed by atoms with Gasteiger partial charge >= 0.3 is 11.9 Å². The average molecular weight is 357 g/mol. The van der Waals surface area contributed by atoms with Crippen LogP contribution in [0.2, 0.25) is 0 Å². The van der Waals surface area contributed by atoms with Gasteiger partial charge < -0.3 is 19.9 Å². The molecule has 0 aliphatic rings. The fourth-order valence-corrected chi connectivity index (χ4v) is 2.01. The Morgan fingerprint density at radius 3 is 2.31 bits per heavy atom. The Kier molecular flexibility index (Phi) is 6.73.